The molecule has 0 spiro atoms. The van der Waals surface area contributed by atoms with Gasteiger partial charge < -0.3 is 10.5 Å². The van der Waals surface area contributed by atoms with Gasteiger partial charge in [0.05, 0.1) is 12.7 Å². The molecule has 0 radical (unpaired) electrons. The monoisotopic (exact) mass is 252 g/mol. The number of nitrogens with zero attached hydrogens (tertiary/aromatic N) is 1. The van der Waals surface area contributed by atoms with Gasteiger partial charge >= 0.3 is 0 Å². The molecule has 3 heteroatoms. The Balaban J connectivity index is 1.84. The SMILES string of the molecule is CC1CCCC1(CN)N1CCOC2CCCCC21. The van der Waals surface area contributed by atoms with E-state index in [-0.39, 0.29) is 5.54 Å². The molecule has 0 aromatic rings. The maximum atomic E-state index is 6.23. The second kappa shape index (κ2) is 5.10. The minimum absolute atomic E-state index is 0.282. The van der Waals surface area contributed by atoms with Gasteiger partial charge in [0.15, 0.2) is 0 Å². The van der Waals surface area contributed by atoms with Crippen LogP contribution in [0.5, 0.6) is 0 Å². The van der Waals surface area contributed by atoms with E-state index in [0.717, 1.165) is 25.6 Å². The lowest BCUT2D eigenvalue weighted by molar-refractivity contribution is -0.131. The van der Waals surface area contributed by atoms with Crippen LogP contribution in [0.15, 0.2) is 0 Å². The topological polar surface area (TPSA) is 38.5 Å². The zero-order chi connectivity index (χ0) is 12.6. The third-order valence-electron chi connectivity index (χ3n) is 5.82. The molecule has 0 aromatic carbocycles. The minimum Gasteiger partial charge on any atom is -0.375 e. The average Bonchev–Trinajstić information content (AvgIpc) is 2.80. The van der Waals surface area contributed by atoms with E-state index >= 15 is 0 Å². The predicted octanol–water partition coefficient (Wildman–Crippen LogP) is 2.15. The van der Waals surface area contributed by atoms with Crippen LogP contribution in [0.3, 0.4) is 0 Å². The lowest BCUT2D eigenvalue weighted by Crippen LogP contribution is -2.65. The number of morpholine rings is 1. The van der Waals surface area contributed by atoms with Crippen molar-refractivity contribution in [1.82, 2.24) is 4.90 Å². The third-order valence-corrected chi connectivity index (χ3v) is 5.82. The minimum atomic E-state index is 0.282. The van der Waals surface area contributed by atoms with Gasteiger partial charge in [0.1, 0.15) is 0 Å². The summed E-state index contributed by atoms with van der Waals surface area (Å²) in [7, 11) is 0. The fraction of sp³-hybridized carbons (Fsp3) is 1.00. The van der Waals surface area contributed by atoms with E-state index in [2.05, 4.69) is 11.8 Å². The van der Waals surface area contributed by atoms with E-state index in [1.54, 1.807) is 0 Å². The molecule has 0 amide bonds. The number of ether oxygens (including phenoxy) is 1. The molecular formula is C15H28N2O. The number of nitrogens with two attached hydrogens (primary N) is 1. The van der Waals surface area contributed by atoms with Crippen molar-refractivity contribution in [1.29, 1.82) is 0 Å². The first-order valence-corrected chi connectivity index (χ1v) is 7.86. The summed E-state index contributed by atoms with van der Waals surface area (Å²) in [4.78, 5) is 2.78. The van der Waals surface area contributed by atoms with Crippen molar-refractivity contribution in [2.45, 2.75) is 69.6 Å². The highest BCUT2D eigenvalue weighted by Gasteiger charge is 2.49. The molecule has 0 aromatic heterocycles. The largest absolute Gasteiger partial charge is 0.375 e. The molecule has 4 atom stereocenters. The summed E-state index contributed by atoms with van der Waals surface area (Å²) < 4.78 is 6.01. The molecule has 1 aliphatic heterocycles. The Morgan fingerprint density at radius 1 is 1.22 bits per heavy atom. The highest BCUT2D eigenvalue weighted by Crippen LogP contribution is 2.44. The Morgan fingerprint density at radius 3 is 2.78 bits per heavy atom. The first kappa shape index (κ1) is 12.9. The van der Waals surface area contributed by atoms with E-state index in [1.807, 2.05) is 0 Å². The second-order valence-corrected chi connectivity index (χ2v) is 6.56. The number of hydrogen-bond donors (Lipinski definition) is 1. The smallest absolute Gasteiger partial charge is 0.0731 e. The first-order valence-electron chi connectivity index (χ1n) is 7.86. The third kappa shape index (κ3) is 1.91. The molecule has 2 N–H and O–H groups in total. The molecule has 3 nitrogen and oxygen atoms in total. The van der Waals surface area contributed by atoms with Crippen LogP contribution in [0.4, 0.5) is 0 Å². The number of fused-ring (bicyclic) bond motifs is 1. The molecule has 104 valence electrons. The summed E-state index contributed by atoms with van der Waals surface area (Å²) in [5.74, 6) is 0.753. The van der Waals surface area contributed by atoms with Crippen molar-refractivity contribution in [2.75, 3.05) is 19.7 Å². The van der Waals surface area contributed by atoms with Crippen LogP contribution in [0.25, 0.3) is 0 Å². The van der Waals surface area contributed by atoms with E-state index < -0.39 is 0 Å². The van der Waals surface area contributed by atoms with Gasteiger partial charge in [0.25, 0.3) is 0 Å². The summed E-state index contributed by atoms with van der Waals surface area (Å²) in [5.41, 5.74) is 6.51. The van der Waals surface area contributed by atoms with Gasteiger partial charge in [-0.25, -0.2) is 0 Å². The van der Waals surface area contributed by atoms with Crippen molar-refractivity contribution in [3.05, 3.63) is 0 Å². The lowest BCUT2D eigenvalue weighted by Gasteiger charge is -2.53. The zero-order valence-corrected chi connectivity index (χ0v) is 11.7. The first-order chi connectivity index (χ1) is 8.78. The van der Waals surface area contributed by atoms with Crippen molar-refractivity contribution in [2.24, 2.45) is 11.7 Å². The summed E-state index contributed by atoms with van der Waals surface area (Å²) in [5, 5.41) is 0. The average molecular weight is 252 g/mol. The Labute approximate surface area is 111 Å². The maximum Gasteiger partial charge on any atom is 0.0731 e. The molecular weight excluding hydrogens is 224 g/mol. The van der Waals surface area contributed by atoms with Crippen molar-refractivity contribution in [3.8, 4) is 0 Å². The molecule has 3 rings (SSSR count). The summed E-state index contributed by atoms with van der Waals surface area (Å²) in [6.45, 7) is 5.25. The van der Waals surface area contributed by atoms with Gasteiger partial charge in [-0.15, -0.1) is 0 Å². The highest BCUT2D eigenvalue weighted by molar-refractivity contribution is 5.05. The van der Waals surface area contributed by atoms with Crippen LogP contribution in [-0.4, -0.2) is 42.3 Å². The number of hydrogen-bond acceptors (Lipinski definition) is 3. The Kier molecular flexibility index (Phi) is 3.65. The van der Waals surface area contributed by atoms with E-state index in [9.17, 15) is 0 Å². The standard InChI is InChI=1S/C15H28N2O/c1-12-5-4-8-15(12,11-16)17-9-10-18-14-7-3-2-6-13(14)17/h12-14H,2-11,16H2,1H3. The van der Waals surface area contributed by atoms with Crippen LogP contribution in [0.2, 0.25) is 0 Å². The van der Waals surface area contributed by atoms with Gasteiger partial charge in [0.2, 0.25) is 0 Å². The van der Waals surface area contributed by atoms with Gasteiger partial charge in [-0.2, -0.15) is 0 Å². The van der Waals surface area contributed by atoms with E-state index in [1.165, 1.54) is 44.9 Å². The number of rotatable bonds is 2. The fourth-order valence-electron chi connectivity index (χ4n) is 4.73. The lowest BCUT2D eigenvalue weighted by atomic mass is 9.80. The van der Waals surface area contributed by atoms with Crippen molar-refractivity contribution in [3.63, 3.8) is 0 Å². The summed E-state index contributed by atoms with van der Waals surface area (Å²) in [6.07, 6.45) is 9.79. The summed E-state index contributed by atoms with van der Waals surface area (Å²) >= 11 is 0. The second-order valence-electron chi connectivity index (χ2n) is 6.56. The highest BCUT2D eigenvalue weighted by atomic mass is 16.5. The normalized spacial score (nSPS) is 46.0. The van der Waals surface area contributed by atoms with Crippen LogP contribution >= 0.6 is 0 Å². The Bertz CT molecular complexity index is 294. The van der Waals surface area contributed by atoms with Gasteiger partial charge in [-0.1, -0.05) is 26.2 Å². The molecule has 0 bridgehead atoms. The van der Waals surface area contributed by atoms with Gasteiger partial charge in [0, 0.05) is 24.7 Å². The molecule has 4 unspecified atom stereocenters. The quantitative estimate of drug-likeness (QED) is 0.818. The van der Waals surface area contributed by atoms with Crippen LogP contribution in [0, 0.1) is 5.92 Å². The summed E-state index contributed by atoms with van der Waals surface area (Å²) in [6, 6.07) is 0.650. The van der Waals surface area contributed by atoms with Gasteiger partial charge in [-0.05, 0) is 31.6 Å². The maximum absolute atomic E-state index is 6.23. The predicted molar refractivity (Wildman–Crippen MR) is 73.5 cm³/mol. The Morgan fingerprint density at radius 2 is 2.06 bits per heavy atom. The zero-order valence-electron chi connectivity index (χ0n) is 11.7. The van der Waals surface area contributed by atoms with Crippen LogP contribution in [-0.2, 0) is 4.74 Å². The van der Waals surface area contributed by atoms with E-state index in [0.29, 0.717) is 12.1 Å². The Hall–Kier alpha value is -0.120. The molecule has 1 heterocycles. The van der Waals surface area contributed by atoms with Crippen molar-refractivity contribution >= 4 is 0 Å². The molecule has 18 heavy (non-hydrogen) atoms. The molecule has 1 saturated heterocycles. The molecule has 2 saturated carbocycles. The van der Waals surface area contributed by atoms with E-state index in [4.69, 9.17) is 10.5 Å². The molecule has 3 fully saturated rings. The van der Waals surface area contributed by atoms with Crippen LogP contribution < -0.4 is 5.73 Å². The van der Waals surface area contributed by atoms with Gasteiger partial charge in [-0.3, -0.25) is 4.90 Å². The van der Waals surface area contributed by atoms with Crippen molar-refractivity contribution < 1.29 is 4.74 Å². The fourth-order valence-corrected chi connectivity index (χ4v) is 4.73. The molecule has 2 aliphatic carbocycles. The van der Waals surface area contributed by atoms with Crippen LogP contribution in [0.1, 0.15) is 51.9 Å². The molecule has 3 aliphatic rings.